The molecule has 4 nitrogen and oxygen atoms in total. The number of carboxylic acid groups (broad SMARTS) is 1. The molecule has 0 aliphatic rings. The summed E-state index contributed by atoms with van der Waals surface area (Å²) in [5, 5.41) is 11.6. The van der Waals surface area contributed by atoms with Crippen LogP contribution in [0.4, 0.5) is 5.69 Å². The Labute approximate surface area is 133 Å². The van der Waals surface area contributed by atoms with Gasteiger partial charge in [0.05, 0.1) is 10.8 Å². The minimum Gasteiger partial charge on any atom is -0.478 e. The normalized spacial score (nSPS) is 11.7. The molecule has 0 bridgehead atoms. The first-order chi connectivity index (χ1) is 10.5. The number of anilines is 1. The highest BCUT2D eigenvalue weighted by Gasteiger charge is 2.18. The Morgan fingerprint density at radius 3 is 2.41 bits per heavy atom. The van der Waals surface area contributed by atoms with Gasteiger partial charge in [-0.25, -0.2) is 4.79 Å². The van der Waals surface area contributed by atoms with Crippen molar-refractivity contribution in [2.24, 2.45) is 0 Å². The summed E-state index contributed by atoms with van der Waals surface area (Å²) < 4.78 is 0. The van der Waals surface area contributed by atoms with Gasteiger partial charge >= 0.3 is 5.97 Å². The van der Waals surface area contributed by atoms with Crippen LogP contribution in [-0.4, -0.2) is 22.2 Å². The lowest BCUT2D eigenvalue weighted by Crippen LogP contribution is -2.23. The summed E-state index contributed by atoms with van der Waals surface area (Å²) in [6.07, 6.45) is 0. The number of benzene rings is 2. The first-order valence-corrected chi connectivity index (χ1v) is 7.72. The highest BCUT2D eigenvalue weighted by Crippen LogP contribution is 2.28. The number of rotatable bonds is 5. The topological polar surface area (TPSA) is 66.4 Å². The van der Waals surface area contributed by atoms with Gasteiger partial charge < -0.3 is 10.4 Å². The number of nitrogens with one attached hydrogen (secondary N) is 1. The number of hydrogen-bond donors (Lipinski definition) is 2. The van der Waals surface area contributed by atoms with Gasteiger partial charge in [-0.2, -0.15) is 0 Å². The molecule has 5 heteroatoms. The predicted molar refractivity (Wildman–Crippen MR) is 88.5 cm³/mol. The number of hydrogen-bond acceptors (Lipinski definition) is 3. The van der Waals surface area contributed by atoms with Gasteiger partial charge in [-0.3, -0.25) is 4.79 Å². The van der Waals surface area contributed by atoms with E-state index in [1.807, 2.05) is 31.2 Å². The van der Waals surface area contributed by atoms with E-state index in [1.165, 1.54) is 17.8 Å². The number of aryl methyl sites for hydroxylation is 1. The van der Waals surface area contributed by atoms with Crippen molar-refractivity contribution in [3.63, 3.8) is 0 Å². The maximum Gasteiger partial charge on any atom is 0.336 e. The Morgan fingerprint density at radius 2 is 1.73 bits per heavy atom. The number of aromatic carboxylic acids is 1. The van der Waals surface area contributed by atoms with Crippen LogP contribution in [0.15, 0.2) is 53.4 Å². The van der Waals surface area contributed by atoms with E-state index in [0.717, 1.165) is 11.3 Å². The second-order valence-electron chi connectivity index (χ2n) is 4.87. The summed E-state index contributed by atoms with van der Waals surface area (Å²) in [7, 11) is 0. The quantitative estimate of drug-likeness (QED) is 0.823. The van der Waals surface area contributed by atoms with Crippen LogP contribution >= 0.6 is 11.8 Å². The highest BCUT2D eigenvalue weighted by molar-refractivity contribution is 8.00. The molecule has 2 aromatic carbocycles. The maximum atomic E-state index is 12.3. The lowest BCUT2D eigenvalue weighted by molar-refractivity contribution is -0.115. The van der Waals surface area contributed by atoms with E-state index in [9.17, 15) is 14.7 Å². The van der Waals surface area contributed by atoms with Gasteiger partial charge in [-0.05, 0) is 37.6 Å². The molecule has 0 fully saturated rings. The molecule has 0 heterocycles. The Kier molecular flexibility index (Phi) is 5.22. The lowest BCUT2D eigenvalue weighted by Gasteiger charge is -2.14. The summed E-state index contributed by atoms with van der Waals surface area (Å²) in [5.41, 5.74) is 1.97. The molecular weight excluding hydrogens is 298 g/mol. The minimum absolute atomic E-state index is 0.153. The second kappa shape index (κ2) is 7.13. The molecule has 0 aliphatic heterocycles. The molecule has 114 valence electrons. The van der Waals surface area contributed by atoms with Crippen LogP contribution in [0.5, 0.6) is 0 Å². The molecule has 0 aromatic heterocycles. The van der Waals surface area contributed by atoms with E-state index < -0.39 is 11.2 Å². The number of para-hydroxylation sites is 1. The van der Waals surface area contributed by atoms with Crippen LogP contribution in [-0.2, 0) is 4.79 Å². The number of amides is 1. The van der Waals surface area contributed by atoms with Crippen LogP contribution in [0.3, 0.4) is 0 Å². The van der Waals surface area contributed by atoms with Crippen molar-refractivity contribution in [3.8, 4) is 0 Å². The number of carboxylic acids is 1. The van der Waals surface area contributed by atoms with Crippen molar-refractivity contribution < 1.29 is 14.7 Å². The summed E-state index contributed by atoms with van der Waals surface area (Å²) in [6, 6.07) is 14.2. The van der Waals surface area contributed by atoms with Gasteiger partial charge in [-0.1, -0.05) is 30.3 Å². The number of thioether (sulfide) groups is 1. The van der Waals surface area contributed by atoms with Crippen molar-refractivity contribution in [1.29, 1.82) is 0 Å². The van der Waals surface area contributed by atoms with Crippen LogP contribution in [0.2, 0.25) is 0 Å². The van der Waals surface area contributed by atoms with Gasteiger partial charge in [0, 0.05) is 10.6 Å². The monoisotopic (exact) mass is 315 g/mol. The van der Waals surface area contributed by atoms with Crippen LogP contribution in [0.1, 0.15) is 22.8 Å². The standard InChI is InChI=1S/C17H17NO3S/c1-11-7-3-5-9-14(11)18-16(19)12(2)22-15-10-6-4-8-13(15)17(20)21/h3-10,12H,1-2H3,(H,18,19)(H,20,21)/t12-/m1/s1. The SMILES string of the molecule is Cc1ccccc1NC(=O)[C@@H](C)Sc1ccccc1C(=O)O. The number of carbonyl (C=O) groups excluding carboxylic acids is 1. The van der Waals surface area contributed by atoms with E-state index in [-0.39, 0.29) is 11.5 Å². The molecule has 1 amide bonds. The molecule has 0 radical (unpaired) electrons. The van der Waals surface area contributed by atoms with Crippen molar-refractivity contribution in [3.05, 3.63) is 59.7 Å². The molecule has 0 spiro atoms. The Morgan fingerprint density at radius 1 is 1.09 bits per heavy atom. The summed E-state index contributed by atoms with van der Waals surface area (Å²) >= 11 is 1.24. The molecule has 1 atom stereocenters. The Balaban J connectivity index is 2.09. The molecule has 0 saturated heterocycles. The first kappa shape index (κ1) is 16.1. The van der Waals surface area contributed by atoms with Gasteiger partial charge in [0.15, 0.2) is 0 Å². The zero-order valence-corrected chi connectivity index (χ0v) is 13.2. The van der Waals surface area contributed by atoms with Crippen LogP contribution in [0.25, 0.3) is 0 Å². The van der Waals surface area contributed by atoms with Gasteiger partial charge in [0.25, 0.3) is 0 Å². The minimum atomic E-state index is -0.991. The zero-order valence-electron chi connectivity index (χ0n) is 12.4. The van der Waals surface area contributed by atoms with E-state index in [1.54, 1.807) is 25.1 Å². The molecule has 22 heavy (non-hydrogen) atoms. The van der Waals surface area contributed by atoms with E-state index in [0.29, 0.717) is 4.90 Å². The largest absolute Gasteiger partial charge is 0.478 e. The molecule has 2 aromatic rings. The highest BCUT2D eigenvalue weighted by atomic mass is 32.2. The van der Waals surface area contributed by atoms with Crippen LogP contribution in [0, 0.1) is 6.92 Å². The lowest BCUT2D eigenvalue weighted by atomic mass is 10.2. The van der Waals surface area contributed by atoms with E-state index in [2.05, 4.69) is 5.32 Å². The first-order valence-electron chi connectivity index (χ1n) is 6.84. The zero-order chi connectivity index (χ0) is 16.1. The van der Waals surface area contributed by atoms with Crippen molar-refractivity contribution in [1.82, 2.24) is 0 Å². The number of carbonyl (C=O) groups is 2. The third kappa shape index (κ3) is 3.89. The van der Waals surface area contributed by atoms with Crippen molar-refractivity contribution in [2.45, 2.75) is 24.0 Å². The van der Waals surface area contributed by atoms with Crippen LogP contribution < -0.4 is 5.32 Å². The summed E-state index contributed by atoms with van der Waals surface area (Å²) in [5.74, 6) is -1.14. The average molecular weight is 315 g/mol. The van der Waals surface area contributed by atoms with Crippen molar-refractivity contribution in [2.75, 3.05) is 5.32 Å². The fourth-order valence-electron chi connectivity index (χ4n) is 1.94. The third-order valence-electron chi connectivity index (χ3n) is 3.19. The molecular formula is C17H17NO3S. The maximum absolute atomic E-state index is 12.3. The Hall–Kier alpha value is -2.27. The molecule has 2 rings (SSSR count). The smallest absolute Gasteiger partial charge is 0.336 e. The van der Waals surface area contributed by atoms with Crippen molar-refractivity contribution >= 4 is 29.3 Å². The second-order valence-corrected chi connectivity index (χ2v) is 6.25. The predicted octanol–water partition coefficient (Wildman–Crippen LogP) is 3.81. The van der Waals surface area contributed by atoms with Gasteiger partial charge in [0.2, 0.25) is 5.91 Å². The average Bonchev–Trinajstić information content (AvgIpc) is 2.49. The summed E-state index contributed by atoms with van der Waals surface area (Å²) in [4.78, 5) is 24.1. The summed E-state index contributed by atoms with van der Waals surface area (Å²) in [6.45, 7) is 3.68. The van der Waals surface area contributed by atoms with E-state index >= 15 is 0 Å². The van der Waals surface area contributed by atoms with E-state index in [4.69, 9.17) is 0 Å². The third-order valence-corrected chi connectivity index (χ3v) is 4.37. The van der Waals surface area contributed by atoms with Gasteiger partial charge in [-0.15, -0.1) is 11.8 Å². The fourth-order valence-corrected chi connectivity index (χ4v) is 2.92. The fraction of sp³-hybridized carbons (Fsp3) is 0.176. The Bertz CT molecular complexity index is 700. The molecule has 2 N–H and O–H groups in total. The molecule has 0 unspecified atom stereocenters. The molecule has 0 aliphatic carbocycles. The van der Waals surface area contributed by atoms with Gasteiger partial charge in [0.1, 0.15) is 0 Å². The molecule has 0 saturated carbocycles.